The van der Waals surface area contributed by atoms with Crippen LogP contribution in [0.25, 0.3) is 10.8 Å². The quantitative estimate of drug-likeness (QED) is 0.240. The maximum Gasteiger partial charge on any atom is 2.00 e. The van der Waals surface area contributed by atoms with Gasteiger partial charge >= 0.3 is 16.8 Å². The van der Waals surface area contributed by atoms with E-state index < -0.39 is 11.9 Å². The summed E-state index contributed by atoms with van der Waals surface area (Å²) >= 11 is 0. The zero-order valence-electron chi connectivity index (χ0n) is 26.5. The average Bonchev–Trinajstić information content (AvgIpc) is 2.99. The van der Waals surface area contributed by atoms with Crippen molar-refractivity contribution in [2.24, 2.45) is 9.98 Å². The molecule has 9 heteroatoms. The number of hydrogen-bond acceptors (Lipinski definition) is 8. The third kappa shape index (κ3) is 11.5. The molecular formula is C36H40CoN2O6. The monoisotopic (exact) mass is 655 g/mol. The van der Waals surface area contributed by atoms with E-state index in [1.54, 1.807) is 12.4 Å². The van der Waals surface area contributed by atoms with E-state index >= 15 is 0 Å². The Bertz CT molecular complexity index is 1540. The molecule has 239 valence electrons. The summed E-state index contributed by atoms with van der Waals surface area (Å²) < 4.78 is 0. The summed E-state index contributed by atoms with van der Waals surface area (Å²) in [4.78, 5) is 27.4. The van der Waals surface area contributed by atoms with Crippen LogP contribution in [-0.4, -0.2) is 34.6 Å². The number of carboxylic acids is 2. The number of nitrogens with zero attached hydrogens (tertiary/aromatic N) is 2. The molecule has 4 aromatic rings. The van der Waals surface area contributed by atoms with Crippen LogP contribution >= 0.6 is 0 Å². The molecule has 0 unspecified atom stereocenters. The molecule has 0 fully saturated rings. The molecule has 0 aliphatic rings. The topological polar surface area (TPSA) is 145 Å². The Labute approximate surface area is 275 Å². The summed E-state index contributed by atoms with van der Waals surface area (Å²) in [6.07, 6.45) is 6.80. The standard InChI is InChI=1S/C32H34N2O2.2C2H4O2.Co/c1-5-21-15-23(7-3)31(35)26(17-21)19-33-28-13-9-11-25-12-10-14-29(30(25)28)34-20-27-18-22(6-2)16-24(8-4)32(27)36;2*1-2(3)4;/h9-20,35-36H,5-8H2,1-4H3;2*1H3,(H,3,4);/q;;;+2/p-2. The molecular weight excluding hydrogens is 615 g/mol. The molecule has 0 saturated heterocycles. The molecule has 0 aliphatic carbocycles. The van der Waals surface area contributed by atoms with Gasteiger partial charge in [0.1, 0.15) is 11.5 Å². The van der Waals surface area contributed by atoms with Gasteiger partial charge in [0.05, 0.1) is 11.4 Å². The predicted molar refractivity (Wildman–Crippen MR) is 174 cm³/mol. The largest absolute Gasteiger partial charge is 2.00 e. The molecule has 4 rings (SSSR count). The molecule has 0 spiro atoms. The number of fused-ring (bicyclic) bond motifs is 1. The first-order valence-electron chi connectivity index (χ1n) is 14.6. The van der Waals surface area contributed by atoms with Gasteiger partial charge in [0.25, 0.3) is 0 Å². The van der Waals surface area contributed by atoms with E-state index in [1.165, 1.54) is 11.1 Å². The van der Waals surface area contributed by atoms with Gasteiger partial charge in [-0.3, -0.25) is 9.98 Å². The fourth-order valence-electron chi connectivity index (χ4n) is 4.51. The first kappa shape index (κ1) is 38.6. The number of aromatic hydroxyl groups is 2. The number of aliphatic imine (C=N–C) groups is 2. The van der Waals surface area contributed by atoms with Crippen molar-refractivity contribution in [2.75, 3.05) is 0 Å². The summed E-state index contributed by atoms with van der Waals surface area (Å²) in [7, 11) is 0. The molecule has 0 heterocycles. The van der Waals surface area contributed by atoms with E-state index in [4.69, 9.17) is 29.8 Å². The normalized spacial score (nSPS) is 10.5. The molecule has 45 heavy (non-hydrogen) atoms. The summed E-state index contributed by atoms with van der Waals surface area (Å²) in [5, 5.41) is 41.2. The fourth-order valence-corrected chi connectivity index (χ4v) is 4.51. The van der Waals surface area contributed by atoms with E-state index in [9.17, 15) is 10.2 Å². The first-order valence-corrected chi connectivity index (χ1v) is 14.6. The van der Waals surface area contributed by atoms with Crippen molar-refractivity contribution in [1.29, 1.82) is 0 Å². The van der Waals surface area contributed by atoms with Crippen LogP contribution < -0.4 is 10.2 Å². The Hall–Kier alpha value is -4.47. The van der Waals surface area contributed by atoms with Crippen molar-refractivity contribution < 1.29 is 46.8 Å². The third-order valence-corrected chi connectivity index (χ3v) is 6.68. The van der Waals surface area contributed by atoms with E-state index in [-0.39, 0.29) is 28.3 Å². The van der Waals surface area contributed by atoms with Crippen molar-refractivity contribution in [1.82, 2.24) is 0 Å². The minimum Gasteiger partial charge on any atom is -0.550 e. The van der Waals surface area contributed by atoms with Crippen LogP contribution in [0.2, 0.25) is 0 Å². The summed E-state index contributed by atoms with van der Waals surface area (Å²) in [6, 6.07) is 20.1. The number of carboxylic acid groups (broad SMARTS) is 2. The van der Waals surface area contributed by atoms with Crippen molar-refractivity contribution in [3.63, 3.8) is 0 Å². The Morgan fingerprint density at radius 1 is 0.667 bits per heavy atom. The van der Waals surface area contributed by atoms with Gasteiger partial charge in [0.2, 0.25) is 0 Å². The summed E-state index contributed by atoms with van der Waals surface area (Å²) in [6.45, 7) is 10.3. The average molecular weight is 656 g/mol. The second kappa shape index (κ2) is 19.0. The maximum absolute atomic E-state index is 10.7. The first-order chi connectivity index (χ1) is 20.9. The third-order valence-electron chi connectivity index (χ3n) is 6.68. The van der Waals surface area contributed by atoms with Crippen LogP contribution in [-0.2, 0) is 52.1 Å². The molecule has 0 atom stereocenters. The number of aryl methyl sites for hydroxylation is 4. The van der Waals surface area contributed by atoms with Gasteiger partial charge in [-0.15, -0.1) is 0 Å². The van der Waals surface area contributed by atoms with Gasteiger partial charge < -0.3 is 30.0 Å². The SMILES string of the molecule is CC(=O)[O-].CC(=O)[O-].CCc1cc(C=Nc2cccc3cccc(N=Cc4cc(CC)cc(CC)c4O)c23)c(O)c(CC)c1.[Co+2]. The van der Waals surface area contributed by atoms with E-state index in [1.807, 2.05) is 62.4 Å². The molecule has 4 aromatic carbocycles. The Balaban J connectivity index is 0.00000101. The minimum absolute atomic E-state index is 0. The zero-order valence-corrected chi connectivity index (χ0v) is 27.6. The van der Waals surface area contributed by atoms with Crippen LogP contribution in [0.3, 0.4) is 0 Å². The van der Waals surface area contributed by atoms with Crippen molar-refractivity contribution in [3.8, 4) is 11.5 Å². The van der Waals surface area contributed by atoms with Crippen molar-refractivity contribution in [3.05, 3.63) is 94.0 Å². The summed E-state index contributed by atoms with van der Waals surface area (Å²) in [5.74, 6) is -1.59. The van der Waals surface area contributed by atoms with E-state index in [0.717, 1.165) is 83.9 Å². The van der Waals surface area contributed by atoms with Gasteiger partial charge in [-0.2, -0.15) is 0 Å². The molecule has 0 saturated carbocycles. The number of aliphatic carboxylic acids is 2. The van der Waals surface area contributed by atoms with Crippen molar-refractivity contribution in [2.45, 2.75) is 67.2 Å². The molecule has 0 aromatic heterocycles. The Morgan fingerprint density at radius 2 is 1.02 bits per heavy atom. The molecule has 0 aliphatic heterocycles. The zero-order chi connectivity index (χ0) is 32.8. The number of phenolic OH excluding ortho intramolecular Hbond substituents is 2. The molecule has 0 amide bonds. The van der Waals surface area contributed by atoms with E-state index in [0.29, 0.717) is 0 Å². The van der Waals surface area contributed by atoms with Crippen LogP contribution in [0.1, 0.15) is 74.9 Å². The van der Waals surface area contributed by atoms with Crippen LogP contribution in [0.15, 0.2) is 70.6 Å². The van der Waals surface area contributed by atoms with Gasteiger partial charge in [0, 0.05) is 40.9 Å². The van der Waals surface area contributed by atoms with Crippen LogP contribution in [0.4, 0.5) is 11.4 Å². The smallest absolute Gasteiger partial charge is 0.550 e. The number of rotatable bonds is 8. The van der Waals surface area contributed by atoms with E-state index in [2.05, 4.69) is 26.0 Å². The second-order valence-electron chi connectivity index (χ2n) is 9.95. The minimum atomic E-state index is -1.08. The van der Waals surface area contributed by atoms with Crippen molar-refractivity contribution >= 4 is 46.5 Å². The number of carbonyl (C=O) groups excluding carboxylic acids is 2. The van der Waals surface area contributed by atoms with Gasteiger partial charge in [-0.25, -0.2) is 0 Å². The Kier molecular flexibility index (Phi) is 16.3. The second-order valence-corrected chi connectivity index (χ2v) is 9.95. The molecule has 8 nitrogen and oxygen atoms in total. The number of phenols is 2. The Morgan fingerprint density at radius 3 is 1.33 bits per heavy atom. The van der Waals surface area contributed by atoms with Crippen LogP contribution in [0.5, 0.6) is 11.5 Å². The van der Waals surface area contributed by atoms with Gasteiger partial charge in [-0.1, -0.05) is 64.1 Å². The van der Waals surface area contributed by atoms with Crippen LogP contribution in [0, 0.1) is 0 Å². The number of carbonyl (C=O) groups is 2. The molecule has 0 bridgehead atoms. The maximum atomic E-state index is 10.7. The summed E-state index contributed by atoms with van der Waals surface area (Å²) in [5.41, 5.74) is 7.21. The van der Waals surface area contributed by atoms with Gasteiger partial charge in [-0.05, 0) is 91.4 Å². The molecule has 2 N–H and O–H groups in total. The number of hydrogen-bond donors (Lipinski definition) is 2. The fraction of sp³-hybridized carbons (Fsp3) is 0.278. The predicted octanol–water partition coefficient (Wildman–Crippen LogP) is 5.51. The number of benzene rings is 4. The molecule has 1 radical (unpaired) electrons. The van der Waals surface area contributed by atoms with Gasteiger partial charge in [0.15, 0.2) is 0 Å².